The van der Waals surface area contributed by atoms with Crippen LogP contribution in [0.2, 0.25) is 0 Å². The van der Waals surface area contributed by atoms with E-state index in [1.807, 2.05) is 24.3 Å². The molecule has 0 fully saturated rings. The number of carbonyl (C=O) groups excluding carboxylic acids is 2. The monoisotopic (exact) mass is 290 g/mol. The molecule has 5 nitrogen and oxygen atoms in total. The van der Waals surface area contributed by atoms with E-state index >= 15 is 0 Å². The highest BCUT2D eigenvalue weighted by atomic mass is 16.4. The molecule has 1 aromatic heterocycles. The number of oxazole rings is 1. The number of fused-ring (bicyclic) bond motifs is 1. The Hall–Kier alpha value is -3.21. The van der Waals surface area contributed by atoms with Crippen molar-refractivity contribution in [2.45, 2.75) is 0 Å². The minimum absolute atomic E-state index is 0.00150. The average Bonchev–Trinajstić information content (AvgIpc) is 3.08. The van der Waals surface area contributed by atoms with E-state index in [2.05, 4.69) is 4.98 Å². The van der Waals surface area contributed by atoms with Crippen LogP contribution in [0, 0.1) is 0 Å². The fourth-order valence-electron chi connectivity index (χ4n) is 2.43. The molecule has 106 valence electrons. The van der Waals surface area contributed by atoms with E-state index in [4.69, 9.17) is 4.42 Å². The minimum Gasteiger partial charge on any atom is -0.423 e. The van der Waals surface area contributed by atoms with Crippen LogP contribution in [-0.4, -0.2) is 16.8 Å². The zero-order valence-corrected chi connectivity index (χ0v) is 11.4. The van der Waals surface area contributed by atoms with Crippen molar-refractivity contribution in [2.75, 3.05) is 4.90 Å². The number of benzene rings is 2. The molecular weight excluding hydrogens is 280 g/mol. The predicted octanol–water partition coefficient (Wildman–Crippen LogP) is 2.78. The predicted molar refractivity (Wildman–Crippen MR) is 80.9 cm³/mol. The van der Waals surface area contributed by atoms with Crippen LogP contribution in [0.1, 0.15) is 5.56 Å². The van der Waals surface area contributed by atoms with Gasteiger partial charge in [-0.05, 0) is 17.7 Å². The Kier molecular flexibility index (Phi) is 2.66. The summed E-state index contributed by atoms with van der Waals surface area (Å²) in [4.78, 5) is 29.9. The van der Waals surface area contributed by atoms with E-state index in [1.54, 1.807) is 30.3 Å². The maximum absolute atomic E-state index is 12.5. The zero-order valence-electron chi connectivity index (χ0n) is 11.4. The van der Waals surface area contributed by atoms with Crippen molar-refractivity contribution >= 4 is 34.5 Å². The average molecular weight is 290 g/mol. The van der Waals surface area contributed by atoms with E-state index in [1.165, 1.54) is 6.08 Å². The summed E-state index contributed by atoms with van der Waals surface area (Å²) >= 11 is 0. The third kappa shape index (κ3) is 1.83. The molecule has 2 aromatic carbocycles. The highest BCUT2D eigenvalue weighted by Gasteiger charge is 2.36. The van der Waals surface area contributed by atoms with E-state index < -0.39 is 11.8 Å². The van der Waals surface area contributed by atoms with Gasteiger partial charge in [-0.2, -0.15) is 9.88 Å². The topological polar surface area (TPSA) is 63.4 Å². The van der Waals surface area contributed by atoms with Gasteiger partial charge < -0.3 is 4.42 Å². The number of hydrogen-bond acceptors (Lipinski definition) is 4. The SMILES string of the molecule is O=C1C=C(c2ccccc2)C(=O)N1c1nc2ccccc2o1. The van der Waals surface area contributed by atoms with Crippen molar-refractivity contribution in [3.05, 3.63) is 66.2 Å². The highest BCUT2D eigenvalue weighted by molar-refractivity contribution is 6.43. The Labute approximate surface area is 125 Å². The second-order valence-corrected chi connectivity index (χ2v) is 4.87. The van der Waals surface area contributed by atoms with E-state index in [9.17, 15) is 9.59 Å². The molecule has 0 atom stereocenters. The Morgan fingerprint density at radius 1 is 0.909 bits per heavy atom. The summed E-state index contributed by atoms with van der Waals surface area (Å²) in [5.74, 6) is -0.877. The van der Waals surface area contributed by atoms with Crippen LogP contribution in [0.3, 0.4) is 0 Å². The van der Waals surface area contributed by atoms with Gasteiger partial charge in [-0.3, -0.25) is 9.59 Å². The fraction of sp³-hybridized carbons (Fsp3) is 0. The molecule has 3 aromatic rings. The van der Waals surface area contributed by atoms with Gasteiger partial charge in [0.2, 0.25) is 0 Å². The molecule has 0 spiro atoms. The number of anilines is 1. The Morgan fingerprint density at radius 2 is 1.64 bits per heavy atom. The van der Waals surface area contributed by atoms with Gasteiger partial charge in [0, 0.05) is 6.08 Å². The van der Waals surface area contributed by atoms with Crippen LogP contribution in [0.4, 0.5) is 6.01 Å². The van der Waals surface area contributed by atoms with Crippen LogP contribution < -0.4 is 4.90 Å². The van der Waals surface area contributed by atoms with Crippen molar-refractivity contribution in [3.63, 3.8) is 0 Å². The molecule has 22 heavy (non-hydrogen) atoms. The molecule has 0 saturated carbocycles. The molecule has 4 rings (SSSR count). The van der Waals surface area contributed by atoms with E-state index in [-0.39, 0.29) is 6.01 Å². The van der Waals surface area contributed by atoms with Crippen molar-refractivity contribution in [1.82, 2.24) is 4.98 Å². The lowest BCUT2D eigenvalue weighted by Gasteiger charge is -2.09. The summed E-state index contributed by atoms with van der Waals surface area (Å²) in [5, 5.41) is 0. The smallest absolute Gasteiger partial charge is 0.312 e. The Balaban J connectivity index is 1.75. The number of amides is 2. The van der Waals surface area contributed by atoms with Gasteiger partial charge in [0.05, 0.1) is 5.57 Å². The summed E-state index contributed by atoms with van der Waals surface area (Å²) in [6.45, 7) is 0. The first kappa shape index (κ1) is 12.5. The molecule has 0 saturated heterocycles. The van der Waals surface area contributed by atoms with Crippen LogP contribution in [-0.2, 0) is 9.59 Å². The Bertz CT molecular complexity index is 892. The lowest BCUT2D eigenvalue weighted by molar-refractivity contribution is -0.119. The molecule has 0 bridgehead atoms. The summed E-state index contributed by atoms with van der Waals surface area (Å²) in [7, 11) is 0. The van der Waals surface area contributed by atoms with Gasteiger partial charge in [0.25, 0.3) is 11.8 Å². The Morgan fingerprint density at radius 3 is 2.41 bits per heavy atom. The molecule has 1 aliphatic rings. The zero-order chi connectivity index (χ0) is 15.1. The van der Waals surface area contributed by atoms with Gasteiger partial charge in [-0.15, -0.1) is 0 Å². The molecule has 0 radical (unpaired) electrons. The normalized spacial score (nSPS) is 14.7. The fourth-order valence-corrected chi connectivity index (χ4v) is 2.43. The first-order chi connectivity index (χ1) is 10.7. The number of rotatable bonds is 2. The van der Waals surface area contributed by atoms with Gasteiger partial charge in [0.1, 0.15) is 5.52 Å². The van der Waals surface area contributed by atoms with Crippen molar-refractivity contribution < 1.29 is 14.0 Å². The van der Waals surface area contributed by atoms with Crippen molar-refractivity contribution in [1.29, 1.82) is 0 Å². The first-order valence-corrected chi connectivity index (χ1v) is 6.75. The number of hydrogen-bond donors (Lipinski definition) is 0. The first-order valence-electron chi connectivity index (χ1n) is 6.75. The quantitative estimate of drug-likeness (QED) is 0.681. The molecule has 1 aliphatic heterocycles. The molecule has 0 N–H and O–H groups in total. The van der Waals surface area contributed by atoms with Crippen LogP contribution in [0.15, 0.2) is 65.1 Å². The number of imide groups is 1. The lowest BCUT2D eigenvalue weighted by atomic mass is 10.1. The summed E-state index contributed by atoms with van der Waals surface area (Å²) in [5.41, 5.74) is 2.17. The number of para-hydroxylation sites is 2. The summed E-state index contributed by atoms with van der Waals surface area (Å²) in [6, 6.07) is 16.2. The van der Waals surface area contributed by atoms with Gasteiger partial charge in [-0.1, -0.05) is 42.5 Å². The molecule has 2 amide bonds. The van der Waals surface area contributed by atoms with Crippen molar-refractivity contribution in [3.8, 4) is 0 Å². The molecule has 5 heteroatoms. The minimum atomic E-state index is -0.449. The van der Waals surface area contributed by atoms with Gasteiger partial charge in [-0.25, -0.2) is 0 Å². The highest BCUT2D eigenvalue weighted by Crippen LogP contribution is 2.29. The van der Waals surface area contributed by atoms with Crippen LogP contribution in [0.25, 0.3) is 16.7 Å². The lowest BCUT2D eigenvalue weighted by Crippen LogP contribution is -2.30. The molecular formula is C17H10N2O3. The van der Waals surface area contributed by atoms with Crippen molar-refractivity contribution in [2.24, 2.45) is 0 Å². The molecule has 0 aliphatic carbocycles. The number of nitrogens with zero attached hydrogens (tertiary/aromatic N) is 2. The van der Waals surface area contributed by atoms with E-state index in [0.717, 1.165) is 4.90 Å². The van der Waals surface area contributed by atoms with Crippen LogP contribution >= 0.6 is 0 Å². The largest absolute Gasteiger partial charge is 0.423 e. The van der Waals surface area contributed by atoms with E-state index in [0.29, 0.717) is 22.2 Å². The van der Waals surface area contributed by atoms with Crippen LogP contribution in [0.5, 0.6) is 0 Å². The summed E-state index contributed by atoms with van der Waals surface area (Å²) < 4.78 is 5.52. The van der Waals surface area contributed by atoms with Gasteiger partial charge >= 0.3 is 6.01 Å². The second-order valence-electron chi connectivity index (χ2n) is 4.87. The molecule has 2 heterocycles. The standard InChI is InChI=1S/C17H10N2O3/c20-15-10-12(11-6-2-1-3-7-11)16(21)19(15)17-18-13-8-4-5-9-14(13)22-17/h1-10H. The van der Waals surface area contributed by atoms with Gasteiger partial charge in [0.15, 0.2) is 5.58 Å². The third-order valence-electron chi connectivity index (χ3n) is 3.48. The molecule has 0 unspecified atom stereocenters. The second kappa shape index (κ2) is 4.66. The maximum atomic E-state index is 12.5. The number of aromatic nitrogens is 1. The number of carbonyl (C=O) groups is 2. The maximum Gasteiger partial charge on any atom is 0.312 e. The third-order valence-corrected chi connectivity index (χ3v) is 3.48. The summed E-state index contributed by atoms with van der Waals surface area (Å²) in [6.07, 6.45) is 1.31.